The lowest BCUT2D eigenvalue weighted by molar-refractivity contribution is -0.136. The van der Waals surface area contributed by atoms with Crippen LogP contribution >= 0.6 is 11.3 Å². The van der Waals surface area contributed by atoms with E-state index in [2.05, 4.69) is 4.98 Å². The Morgan fingerprint density at radius 1 is 1.64 bits per heavy atom. The van der Waals surface area contributed by atoms with Crippen molar-refractivity contribution in [2.75, 3.05) is 0 Å². The van der Waals surface area contributed by atoms with Gasteiger partial charge >= 0.3 is 5.97 Å². The number of oxazole rings is 1. The summed E-state index contributed by atoms with van der Waals surface area (Å²) in [7, 11) is 0. The fourth-order valence-corrected chi connectivity index (χ4v) is 1.73. The molecule has 0 aliphatic heterocycles. The van der Waals surface area contributed by atoms with Gasteiger partial charge < -0.3 is 9.52 Å². The van der Waals surface area contributed by atoms with Crippen LogP contribution < -0.4 is 0 Å². The molecule has 0 unspecified atom stereocenters. The van der Waals surface area contributed by atoms with Crippen molar-refractivity contribution in [1.29, 1.82) is 0 Å². The third-order valence-corrected chi connectivity index (χ3v) is 2.52. The minimum Gasteiger partial charge on any atom is -0.481 e. The lowest BCUT2D eigenvalue weighted by Gasteiger charge is -1.86. The number of hydrogen-bond donors (Lipinski definition) is 1. The van der Waals surface area contributed by atoms with E-state index >= 15 is 0 Å². The Morgan fingerprint density at radius 2 is 2.50 bits per heavy atom. The molecule has 2 aromatic rings. The topological polar surface area (TPSA) is 63.3 Å². The summed E-state index contributed by atoms with van der Waals surface area (Å²) in [6, 6.07) is 3.82. The number of carboxylic acid groups (broad SMARTS) is 1. The fraction of sp³-hybridized carbons (Fsp3) is 0.111. The van der Waals surface area contributed by atoms with E-state index in [1.165, 1.54) is 17.6 Å². The Hall–Kier alpha value is -1.62. The molecule has 4 nitrogen and oxygen atoms in total. The quantitative estimate of drug-likeness (QED) is 0.840. The molecule has 72 valence electrons. The molecular weight excluding hydrogens is 202 g/mol. The van der Waals surface area contributed by atoms with Crippen molar-refractivity contribution in [3.05, 3.63) is 29.7 Å². The van der Waals surface area contributed by atoms with Crippen LogP contribution in [0.4, 0.5) is 0 Å². The van der Waals surface area contributed by atoms with E-state index in [4.69, 9.17) is 9.52 Å². The highest BCUT2D eigenvalue weighted by atomic mass is 32.1. The minimum absolute atomic E-state index is 0.175. The van der Waals surface area contributed by atoms with Gasteiger partial charge in [0.05, 0.1) is 4.88 Å². The average molecular weight is 209 g/mol. The van der Waals surface area contributed by atoms with Crippen LogP contribution in [-0.2, 0) is 11.2 Å². The summed E-state index contributed by atoms with van der Waals surface area (Å²) in [5.74, 6) is -0.703. The number of rotatable bonds is 3. The molecule has 14 heavy (non-hydrogen) atoms. The maximum Gasteiger partial charge on any atom is 0.312 e. The Morgan fingerprint density at radius 3 is 3.14 bits per heavy atom. The number of aliphatic carboxylic acids is 1. The molecule has 0 bridgehead atoms. The maximum absolute atomic E-state index is 10.4. The lowest BCUT2D eigenvalue weighted by atomic mass is 10.4. The predicted molar refractivity (Wildman–Crippen MR) is 51.2 cm³/mol. The van der Waals surface area contributed by atoms with Crippen LogP contribution in [0, 0.1) is 0 Å². The summed E-state index contributed by atoms with van der Waals surface area (Å²) in [6.07, 6.45) is 1.30. The van der Waals surface area contributed by atoms with Gasteiger partial charge in [0, 0.05) is 0 Å². The molecule has 0 aliphatic carbocycles. The van der Waals surface area contributed by atoms with E-state index in [-0.39, 0.29) is 12.3 Å². The third kappa shape index (κ3) is 1.82. The molecule has 0 atom stereocenters. The first-order valence-corrected chi connectivity index (χ1v) is 4.84. The smallest absolute Gasteiger partial charge is 0.312 e. The van der Waals surface area contributed by atoms with Gasteiger partial charge in [-0.2, -0.15) is 0 Å². The molecule has 2 heterocycles. The first kappa shape index (κ1) is 8.96. The van der Waals surface area contributed by atoms with Crippen molar-refractivity contribution in [3.8, 4) is 10.6 Å². The summed E-state index contributed by atoms with van der Waals surface area (Å²) < 4.78 is 5.01. The summed E-state index contributed by atoms with van der Waals surface area (Å²) in [6.45, 7) is 0. The van der Waals surface area contributed by atoms with Crippen LogP contribution in [-0.4, -0.2) is 16.1 Å². The van der Waals surface area contributed by atoms with Crippen LogP contribution in [0.5, 0.6) is 0 Å². The summed E-state index contributed by atoms with van der Waals surface area (Å²) >= 11 is 1.54. The number of nitrogens with zero attached hydrogens (tertiary/aromatic N) is 1. The normalized spacial score (nSPS) is 10.3. The number of aromatic nitrogens is 1. The van der Waals surface area contributed by atoms with Gasteiger partial charge in [-0.05, 0) is 11.4 Å². The second-order valence-corrected chi connectivity index (χ2v) is 3.62. The molecule has 0 fully saturated rings. The van der Waals surface area contributed by atoms with Crippen molar-refractivity contribution in [3.63, 3.8) is 0 Å². The van der Waals surface area contributed by atoms with Crippen LogP contribution in [0.2, 0.25) is 0 Å². The van der Waals surface area contributed by atoms with Crippen LogP contribution in [0.1, 0.15) is 5.89 Å². The zero-order valence-electron chi connectivity index (χ0n) is 7.14. The first-order valence-electron chi connectivity index (χ1n) is 3.96. The van der Waals surface area contributed by atoms with Gasteiger partial charge in [-0.15, -0.1) is 11.3 Å². The molecule has 0 aliphatic rings. The SMILES string of the molecule is O=C(O)Cc1nc(-c2cccs2)co1. The third-order valence-electron chi connectivity index (χ3n) is 1.63. The van der Waals surface area contributed by atoms with Gasteiger partial charge in [0.1, 0.15) is 18.4 Å². The van der Waals surface area contributed by atoms with E-state index in [9.17, 15) is 4.79 Å². The van der Waals surface area contributed by atoms with Gasteiger partial charge in [-0.25, -0.2) is 4.98 Å². The standard InChI is InChI=1S/C9H7NO3S/c11-9(12)4-8-10-6(5-13-8)7-2-1-3-14-7/h1-3,5H,4H2,(H,11,12). The van der Waals surface area contributed by atoms with E-state index in [1.807, 2.05) is 17.5 Å². The molecule has 0 saturated heterocycles. The Labute approximate surface area is 83.8 Å². The van der Waals surface area contributed by atoms with E-state index in [1.54, 1.807) is 0 Å². The minimum atomic E-state index is -0.940. The summed E-state index contributed by atoms with van der Waals surface area (Å²) in [5.41, 5.74) is 0.691. The molecule has 0 amide bonds. The zero-order valence-corrected chi connectivity index (χ0v) is 7.95. The molecule has 0 radical (unpaired) electrons. The predicted octanol–water partition coefficient (Wildman–Crippen LogP) is 2.03. The molecule has 1 N–H and O–H groups in total. The lowest BCUT2D eigenvalue weighted by Crippen LogP contribution is -1.99. The molecular formula is C9H7NO3S. The van der Waals surface area contributed by atoms with Gasteiger partial charge in [-0.3, -0.25) is 4.79 Å². The molecule has 0 saturated carbocycles. The van der Waals surface area contributed by atoms with Crippen molar-refractivity contribution in [1.82, 2.24) is 4.98 Å². The maximum atomic E-state index is 10.4. The monoisotopic (exact) mass is 209 g/mol. The van der Waals surface area contributed by atoms with E-state index in [0.29, 0.717) is 5.69 Å². The fourth-order valence-electron chi connectivity index (χ4n) is 1.06. The Bertz CT molecular complexity index is 433. The van der Waals surface area contributed by atoms with Crippen LogP contribution in [0.15, 0.2) is 28.2 Å². The second kappa shape index (κ2) is 3.63. The first-order chi connectivity index (χ1) is 6.75. The highest BCUT2D eigenvalue weighted by molar-refractivity contribution is 7.13. The summed E-state index contributed by atoms with van der Waals surface area (Å²) in [4.78, 5) is 15.4. The van der Waals surface area contributed by atoms with E-state index in [0.717, 1.165) is 4.88 Å². The number of carbonyl (C=O) groups is 1. The van der Waals surface area contributed by atoms with Crippen molar-refractivity contribution >= 4 is 17.3 Å². The van der Waals surface area contributed by atoms with Crippen molar-refractivity contribution in [2.24, 2.45) is 0 Å². The highest BCUT2D eigenvalue weighted by Gasteiger charge is 2.09. The largest absolute Gasteiger partial charge is 0.481 e. The summed E-state index contributed by atoms with van der Waals surface area (Å²) in [5, 5.41) is 10.4. The molecule has 2 aromatic heterocycles. The van der Waals surface area contributed by atoms with Gasteiger partial charge in [0.15, 0.2) is 0 Å². The van der Waals surface area contributed by atoms with Gasteiger partial charge in [0.25, 0.3) is 0 Å². The van der Waals surface area contributed by atoms with Crippen molar-refractivity contribution in [2.45, 2.75) is 6.42 Å². The molecule has 0 aromatic carbocycles. The second-order valence-electron chi connectivity index (χ2n) is 2.67. The van der Waals surface area contributed by atoms with Gasteiger partial charge in [-0.1, -0.05) is 6.07 Å². The molecule has 2 rings (SSSR count). The van der Waals surface area contributed by atoms with Crippen LogP contribution in [0.25, 0.3) is 10.6 Å². The average Bonchev–Trinajstić information content (AvgIpc) is 2.69. The van der Waals surface area contributed by atoms with Crippen LogP contribution in [0.3, 0.4) is 0 Å². The zero-order chi connectivity index (χ0) is 9.97. The molecule has 0 spiro atoms. The Balaban J connectivity index is 2.22. The number of thiophene rings is 1. The van der Waals surface area contributed by atoms with Gasteiger partial charge in [0.2, 0.25) is 5.89 Å². The number of carboxylic acids is 1. The van der Waals surface area contributed by atoms with Crippen molar-refractivity contribution < 1.29 is 14.3 Å². The molecule has 5 heteroatoms. The Kier molecular flexibility index (Phi) is 2.32. The highest BCUT2D eigenvalue weighted by Crippen LogP contribution is 2.23. The van der Waals surface area contributed by atoms with E-state index < -0.39 is 5.97 Å². The number of hydrogen-bond acceptors (Lipinski definition) is 4.